The van der Waals surface area contributed by atoms with Crippen molar-refractivity contribution in [1.29, 1.82) is 0 Å². The molecule has 4 heteroatoms. The Bertz CT molecular complexity index is 766. The summed E-state index contributed by atoms with van der Waals surface area (Å²) in [5.41, 5.74) is 2.80. The average molecular weight is 301 g/mol. The Morgan fingerprint density at radius 2 is 1.86 bits per heavy atom. The summed E-state index contributed by atoms with van der Waals surface area (Å²) in [4.78, 5) is 4.64. The van der Waals surface area contributed by atoms with E-state index in [0.717, 1.165) is 29.0 Å². The molecule has 0 aliphatic heterocycles. The highest BCUT2D eigenvalue weighted by atomic mass is 35.5. The second-order valence-corrected chi connectivity index (χ2v) is 5.41. The van der Waals surface area contributed by atoms with Crippen LogP contribution in [0.3, 0.4) is 0 Å². The van der Waals surface area contributed by atoms with Crippen LogP contribution in [0, 0.1) is 0 Å². The minimum Gasteiger partial charge on any atom is -0.388 e. The number of rotatable bonds is 4. The van der Waals surface area contributed by atoms with E-state index in [1.807, 2.05) is 36.4 Å². The van der Waals surface area contributed by atoms with Gasteiger partial charge in [0.2, 0.25) is 0 Å². The maximum atomic E-state index is 10.5. The smallest absolute Gasteiger partial charge is 0.112 e. The molecule has 0 aliphatic carbocycles. The number of aliphatic hydroxyl groups excluding tert-OH is 1. The van der Waals surface area contributed by atoms with Crippen molar-refractivity contribution in [2.75, 3.05) is 0 Å². The molecule has 3 rings (SSSR count). The van der Waals surface area contributed by atoms with Gasteiger partial charge in [-0.2, -0.15) is 0 Å². The fourth-order valence-corrected chi connectivity index (χ4v) is 2.92. The number of para-hydroxylation sites is 2. The molecule has 2 aromatic carbocycles. The molecular weight excluding hydrogens is 284 g/mol. The van der Waals surface area contributed by atoms with Gasteiger partial charge in [-0.25, -0.2) is 4.98 Å². The number of imidazole rings is 1. The van der Waals surface area contributed by atoms with Gasteiger partial charge >= 0.3 is 0 Å². The molecule has 108 valence electrons. The number of nitrogens with zero attached hydrogens (tertiary/aromatic N) is 2. The van der Waals surface area contributed by atoms with Gasteiger partial charge in [-0.05, 0) is 30.7 Å². The molecule has 0 bridgehead atoms. The first-order chi connectivity index (χ1) is 10.2. The first kappa shape index (κ1) is 14.1. The molecule has 1 heterocycles. The van der Waals surface area contributed by atoms with E-state index in [2.05, 4.69) is 22.5 Å². The Hall–Kier alpha value is -1.84. The van der Waals surface area contributed by atoms with Gasteiger partial charge < -0.3 is 9.67 Å². The van der Waals surface area contributed by atoms with E-state index in [1.54, 1.807) is 6.07 Å². The summed E-state index contributed by atoms with van der Waals surface area (Å²) in [6.45, 7) is 2.91. The van der Waals surface area contributed by atoms with Crippen LogP contribution < -0.4 is 0 Å². The van der Waals surface area contributed by atoms with Crippen molar-refractivity contribution < 1.29 is 5.11 Å². The summed E-state index contributed by atoms with van der Waals surface area (Å²) in [5, 5.41) is 11.0. The molecule has 21 heavy (non-hydrogen) atoms. The summed E-state index contributed by atoms with van der Waals surface area (Å²) < 4.78 is 2.13. The molecule has 0 spiro atoms. The van der Waals surface area contributed by atoms with Crippen molar-refractivity contribution in [1.82, 2.24) is 9.55 Å². The number of fused-ring (bicyclic) bond motifs is 1. The normalized spacial score (nSPS) is 12.7. The molecule has 0 fully saturated rings. The van der Waals surface area contributed by atoms with Crippen LogP contribution in [0.5, 0.6) is 0 Å². The Morgan fingerprint density at radius 1 is 1.14 bits per heavy atom. The SMILES string of the molecule is CCn1c(CC(O)c2ccccc2Cl)nc2ccccc21. The topological polar surface area (TPSA) is 38.0 Å². The van der Waals surface area contributed by atoms with Gasteiger partial charge in [-0.1, -0.05) is 41.9 Å². The molecule has 0 saturated heterocycles. The van der Waals surface area contributed by atoms with Crippen LogP contribution in [0.15, 0.2) is 48.5 Å². The lowest BCUT2D eigenvalue weighted by atomic mass is 10.1. The Labute approximate surface area is 128 Å². The van der Waals surface area contributed by atoms with Crippen LogP contribution in [-0.2, 0) is 13.0 Å². The first-order valence-corrected chi connectivity index (χ1v) is 7.45. The minimum atomic E-state index is -0.652. The number of halogens is 1. The Balaban J connectivity index is 1.96. The van der Waals surface area contributed by atoms with Gasteiger partial charge in [0.15, 0.2) is 0 Å². The number of hydrogen-bond acceptors (Lipinski definition) is 2. The second kappa shape index (κ2) is 5.88. The van der Waals surface area contributed by atoms with Gasteiger partial charge in [0.1, 0.15) is 5.82 Å². The lowest BCUT2D eigenvalue weighted by Gasteiger charge is -2.13. The van der Waals surface area contributed by atoms with Crippen molar-refractivity contribution in [3.05, 3.63) is 64.9 Å². The van der Waals surface area contributed by atoms with Crippen LogP contribution in [0.1, 0.15) is 24.4 Å². The lowest BCUT2D eigenvalue weighted by molar-refractivity contribution is 0.175. The fraction of sp³-hybridized carbons (Fsp3) is 0.235. The molecule has 1 unspecified atom stereocenters. The number of aromatic nitrogens is 2. The maximum absolute atomic E-state index is 10.5. The summed E-state index contributed by atoms with van der Waals surface area (Å²) in [5.74, 6) is 0.881. The molecule has 1 aromatic heterocycles. The first-order valence-electron chi connectivity index (χ1n) is 7.07. The average Bonchev–Trinajstić information content (AvgIpc) is 2.84. The largest absolute Gasteiger partial charge is 0.388 e. The van der Waals surface area contributed by atoms with E-state index in [0.29, 0.717) is 11.4 Å². The lowest BCUT2D eigenvalue weighted by Crippen LogP contribution is -2.09. The van der Waals surface area contributed by atoms with Crippen LogP contribution in [0.4, 0.5) is 0 Å². The number of aryl methyl sites for hydroxylation is 1. The molecule has 3 nitrogen and oxygen atoms in total. The molecule has 0 radical (unpaired) electrons. The quantitative estimate of drug-likeness (QED) is 0.791. The summed E-state index contributed by atoms with van der Waals surface area (Å²) >= 11 is 6.15. The number of hydrogen-bond donors (Lipinski definition) is 1. The third kappa shape index (κ3) is 2.67. The number of benzene rings is 2. The van der Waals surface area contributed by atoms with E-state index < -0.39 is 6.10 Å². The Kier molecular flexibility index (Phi) is 3.95. The van der Waals surface area contributed by atoms with E-state index in [1.165, 1.54) is 0 Å². The molecule has 0 amide bonds. The van der Waals surface area contributed by atoms with Crippen LogP contribution in [-0.4, -0.2) is 14.7 Å². The molecular formula is C17H17ClN2O. The van der Waals surface area contributed by atoms with E-state index in [-0.39, 0.29) is 0 Å². The van der Waals surface area contributed by atoms with Crippen molar-refractivity contribution in [3.63, 3.8) is 0 Å². The van der Waals surface area contributed by atoms with Crippen molar-refractivity contribution in [2.45, 2.75) is 26.0 Å². The third-order valence-corrected chi connectivity index (χ3v) is 4.03. The standard InChI is InChI=1S/C17H17ClN2O/c1-2-20-15-10-6-5-9-14(15)19-17(20)11-16(21)12-7-3-4-8-13(12)18/h3-10,16,21H,2,11H2,1H3. The van der Waals surface area contributed by atoms with E-state index in [4.69, 9.17) is 11.6 Å². The zero-order valence-electron chi connectivity index (χ0n) is 11.8. The van der Waals surface area contributed by atoms with Crippen molar-refractivity contribution in [2.24, 2.45) is 0 Å². The third-order valence-electron chi connectivity index (χ3n) is 3.69. The zero-order chi connectivity index (χ0) is 14.8. The van der Waals surface area contributed by atoms with Gasteiger partial charge in [0, 0.05) is 18.0 Å². The molecule has 3 aromatic rings. The monoisotopic (exact) mass is 300 g/mol. The van der Waals surface area contributed by atoms with Crippen molar-refractivity contribution >= 4 is 22.6 Å². The highest BCUT2D eigenvalue weighted by Crippen LogP contribution is 2.26. The minimum absolute atomic E-state index is 0.451. The van der Waals surface area contributed by atoms with Crippen molar-refractivity contribution in [3.8, 4) is 0 Å². The van der Waals surface area contributed by atoms with Crippen LogP contribution in [0.2, 0.25) is 5.02 Å². The second-order valence-electron chi connectivity index (χ2n) is 5.00. The highest BCUT2D eigenvalue weighted by Gasteiger charge is 2.16. The van der Waals surface area contributed by atoms with Gasteiger partial charge in [-0.3, -0.25) is 0 Å². The van der Waals surface area contributed by atoms with E-state index in [9.17, 15) is 5.11 Å². The van der Waals surface area contributed by atoms with Crippen LogP contribution in [0.25, 0.3) is 11.0 Å². The Morgan fingerprint density at radius 3 is 2.62 bits per heavy atom. The molecule has 0 aliphatic rings. The van der Waals surface area contributed by atoms with Gasteiger partial charge in [0.05, 0.1) is 17.1 Å². The maximum Gasteiger partial charge on any atom is 0.112 e. The summed E-state index contributed by atoms with van der Waals surface area (Å²) in [7, 11) is 0. The summed E-state index contributed by atoms with van der Waals surface area (Å²) in [6, 6.07) is 15.4. The van der Waals surface area contributed by atoms with E-state index >= 15 is 0 Å². The zero-order valence-corrected chi connectivity index (χ0v) is 12.6. The predicted molar refractivity (Wildman–Crippen MR) is 85.5 cm³/mol. The molecule has 1 atom stereocenters. The number of aliphatic hydroxyl groups is 1. The van der Waals surface area contributed by atoms with Gasteiger partial charge in [0.25, 0.3) is 0 Å². The van der Waals surface area contributed by atoms with Gasteiger partial charge in [-0.15, -0.1) is 0 Å². The molecule has 0 saturated carbocycles. The predicted octanol–water partition coefficient (Wildman–Crippen LogP) is 3.99. The highest BCUT2D eigenvalue weighted by molar-refractivity contribution is 6.31. The molecule has 1 N–H and O–H groups in total. The van der Waals surface area contributed by atoms with Crippen LogP contribution >= 0.6 is 11.6 Å². The fourth-order valence-electron chi connectivity index (χ4n) is 2.66. The summed E-state index contributed by atoms with van der Waals surface area (Å²) in [6.07, 6.45) is -0.201.